The standard InChI is InChI=1S/C49H93NO7/c1-6-8-10-12-14-16-18-19-20-21-22-23-24-25-26-27-28-29-30-32-34-36-38-40-48(52)57-45(43-55-42-41-46(49(53)54)50(3,4)5)44-56-47(51)39-37-35-33-31-17-15-13-11-9-7-2/h21-22,45-46H,6-20,23-44H2,1-5H3/b22-21-. The third-order valence-electron chi connectivity index (χ3n) is 11.2. The fourth-order valence-electron chi connectivity index (χ4n) is 7.36. The number of aliphatic carboxylic acids is 1. The van der Waals surface area contributed by atoms with Gasteiger partial charge < -0.3 is 28.6 Å². The Kier molecular flexibility index (Phi) is 39.4. The first-order valence-electron chi connectivity index (χ1n) is 24.2. The van der Waals surface area contributed by atoms with Gasteiger partial charge in [0.1, 0.15) is 12.6 Å². The average molecular weight is 808 g/mol. The quantitative estimate of drug-likeness (QED) is 0.0261. The van der Waals surface area contributed by atoms with Gasteiger partial charge in [0.15, 0.2) is 6.10 Å². The zero-order valence-electron chi connectivity index (χ0n) is 38.3. The summed E-state index contributed by atoms with van der Waals surface area (Å²) in [5.41, 5.74) is 0. The molecule has 0 aromatic carbocycles. The van der Waals surface area contributed by atoms with Crippen LogP contribution in [-0.4, -0.2) is 75.5 Å². The molecule has 8 nitrogen and oxygen atoms in total. The largest absolute Gasteiger partial charge is 0.544 e. The summed E-state index contributed by atoms with van der Waals surface area (Å²) in [6.07, 6.45) is 43.9. The molecule has 0 heterocycles. The molecule has 0 aliphatic carbocycles. The molecule has 0 radical (unpaired) electrons. The van der Waals surface area contributed by atoms with Crippen molar-refractivity contribution < 1.29 is 38.2 Å². The Morgan fingerprint density at radius 1 is 0.509 bits per heavy atom. The summed E-state index contributed by atoms with van der Waals surface area (Å²) >= 11 is 0. The van der Waals surface area contributed by atoms with Gasteiger partial charge in [0, 0.05) is 19.3 Å². The molecule has 0 fully saturated rings. The first-order chi connectivity index (χ1) is 27.6. The van der Waals surface area contributed by atoms with Gasteiger partial charge in [-0.2, -0.15) is 0 Å². The van der Waals surface area contributed by atoms with E-state index in [-0.39, 0.29) is 42.7 Å². The Morgan fingerprint density at radius 3 is 1.26 bits per heavy atom. The van der Waals surface area contributed by atoms with Crippen molar-refractivity contribution in [2.75, 3.05) is 41.0 Å². The van der Waals surface area contributed by atoms with Crippen LogP contribution in [0.2, 0.25) is 0 Å². The van der Waals surface area contributed by atoms with E-state index in [0.29, 0.717) is 12.8 Å². The zero-order chi connectivity index (χ0) is 42.1. The molecule has 0 N–H and O–H groups in total. The topological polar surface area (TPSA) is 102 Å². The monoisotopic (exact) mass is 808 g/mol. The first kappa shape index (κ1) is 55.1. The number of allylic oxidation sites excluding steroid dienone is 2. The van der Waals surface area contributed by atoms with Gasteiger partial charge in [0.05, 0.1) is 40.3 Å². The second kappa shape index (κ2) is 40.8. The molecule has 0 aromatic rings. The van der Waals surface area contributed by atoms with Crippen molar-refractivity contribution in [1.29, 1.82) is 0 Å². The van der Waals surface area contributed by atoms with Gasteiger partial charge in [-0.3, -0.25) is 9.59 Å². The number of carbonyl (C=O) groups is 3. The normalized spacial score (nSPS) is 12.9. The summed E-state index contributed by atoms with van der Waals surface area (Å²) in [7, 11) is 5.42. The maximum absolute atomic E-state index is 12.7. The van der Waals surface area contributed by atoms with Crippen LogP contribution in [0, 0.1) is 0 Å². The van der Waals surface area contributed by atoms with Gasteiger partial charge in [-0.25, -0.2) is 0 Å². The van der Waals surface area contributed by atoms with Crippen molar-refractivity contribution in [3.05, 3.63) is 12.2 Å². The summed E-state index contributed by atoms with van der Waals surface area (Å²) in [5, 5.41) is 11.6. The van der Waals surface area contributed by atoms with Gasteiger partial charge in [-0.05, 0) is 38.5 Å². The fraction of sp³-hybridized carbons (Fsp3) is 0.898. The number of carboxylic acids is 1. The lowest BCUT2D eigenvalue weighted by atomic mass is 10.0. The molecule has 2 atom stereocenters. The van der Waals surface area contributed by atoms with E-state index < -0.39 is 18.1 Å². The van der Waals surface area contributed by atoms with Gasteiger partial charge >= 0.3 is 11.9 Å². The highest BCUT2D eigenvalue weighted by Gasteiger charge is 2.25. The van der Waals surface area contributed by atoms with Gasteiger partial charge in [0.25, 0.3) is 0 Å². The number of rotatable bonds is 44. The van der Waals surface area contributed by atoms with Crippen molar-refractivity contribution in [3.63, 3.8) is 0 Å². The molecule has 0 aromatic heterocycles. The maximum atomic E-state index is 12.7. The number of likely N-dealkylation sites (N-methyl/N-ethyl adjacent to an activating group) is 1. The molecule has 0 saturated heterocycles. The molecule has 57 heavy (non-hydrogen) atoms. The van der Waals surface area contributed by atoms with E-state index in [1.807, 2.05) is 0 Å². The van der Waals surface area contributed by atoms with Crippen LogP contribution >= 0.6 is 0 Å². The first-order valence-corrected chi connectivity index (χ1v) is 24.2. The number of nitrogens with zero attached hydrogens (tertiary/aromatic N) is 1. The Labute approximate surface area is 352 Å². The lowest BCUT2D eigenvalue weighted by Gasteiger charge is -2.34. The Hall–Kier alpha value is -1.93. The molecule has 336 valence electrons. The van der Waals surface area contributed by atoms with Crippen LogP contribution in [0.3, 0.4) is 0 Å². The second-order valence-electron chi connectivity index (χ2n) is 17.7. The predicted octanol–water partition coefficient (Wildman–Crippen LogP) is 12.1. The molecule has 0 saturated carbocycles. The number of ether oxygens (including phenoxy) is 3. The van der Waals surface area contributed by atoms with E-state index in [0.717, 1.165) is 38.5 Å². The van der Waals surface area contributed by atoms with Crippen LogP contribution in [0.25, 0.3) is 0 Å². The number of hydrogen-bond donors (Lipinski definition) is 0. The minimum Gasteiger partial charge on any atom is -0.544 e. The summed E-state index contributed by atoms with van der Waals surface area (Å²) in [6, 6.07) is -0.721. The van der Waals surface area contributed by atoms with Crippen molar-refractivity contribution in [2.45, 2.75) is 244 Å². The van der Waals surface area contributed by atoms with Crippen LogP contribution in [0.15, 0.2) is 12.2 Å². The zero-order valence-corrected chi connectivity index (χ0v) is 38.3. The van der Waals surface area contributed by atoms with E-state index in [1.54, 1.807) is 21.1 Å². The highest BCUT2D eigenvalue weighted by atomic mass is 16.6. The van der Waals surface area contributed by atoms with Crippen molar-refractivity contribution >= 4 is 17.9 Å². The molecule has 2 unspecified atom stereocenters. The molecule has 0 bridgehead atoms. The minimum atomic E-state index is -1.12. The lowest BCUT2D eigenvalue weighted by molar-refractivity contribution is -0.889. The summed E-state index contributed by atoms with van der Waals surface area (Å²) in [6.45, 7) is 4.68. The number of carbonyl (C=O) groups excluding carboxylic acids is 3. The van der Waals surface area contributed by atoms with Crippen molar-refractivity contribution in [1.82, 2.24) is 0 Å². The summed E-state index contributed by atoms with van der Waals surface area (Å²) in [4.78, 5) is 36.8. The molecule has 0 spiro atoms. The maximum Gasteiger partial charge on any atom is 0.306 e. The van der Waals surface area contributed by atoms with E-state index in [1.165, 1.54) is 161 Å². The average Bonchev–Trinajstić information content (AvgIpc) is 3.17. The molecule has 0 amide bonds. The van der Waals surface area contributed by atoms with Crippen LogP contribution in [0.5, 0.6) is 0 Å². The predicted molar refractivity (Wildman–Crippen MR) is 236 cm³/mol. The van der Waals surface area contributed by atoms with Crippen LogP contribution in [-0.2, 0) is 28.6 Å². The molecule has 8 heteroatoms. The molecule has 0 aliphatic rings. The number of esters is 2. The second-order valence-corrected chi connectivity index (χ2v) is 17.7. The third-order valence-corrected chi connectivity index (χ3v) is 11.2. The van der Waals surface area contributed by atoms with E-state index in [2.05, 4.69) is 26.0 Å². The van der Waals surface area contributed by atoms with Crippen molar-refractivity contribution in [3.8, 4) is 0 Å². The Bertz CT molecular complexity index is 947. The summed E-state index contributed by atoms with van der Waals surface area (Å²) < 4.78 is 17.2. The molecular weight excluding hydrogens is 715 g/mol. The van der Waals surface area contributed by atoms with Crippen LogP contribution in [0.1, 0.15) is 232 Å². The number of hydrogen-bond acceptors (Lipinski definition) is 7. The number of quaternary nitrogens is 1. The van der Waals surface area contributed by atoms with E-state index in [9.17, 15) is 19.5 Å². The minimum absolute atomic E-state index is 0.0463. The molecular formula is C49H93NO7. The van der Waals surface area contributed by atoms with Crippen LogP contribution in [0.4, 0.5) is 0 Å². The number of carboxylic acid groups (broad SMARTS) is 1. The smallest absolute Gasteiger partial charge is 0.306 e. The van der Waals surface area contributed by atoms with Gasteiger partial charge in [-0.15, -0.1) is 0 Å². The Balaban J connectivity index is 4.15. The number of unbranched alkanes of at least 4 members (excludes halogenated alkanes) is 28. The van der Waals surface area contributed by atoms with E-state index >= 15 is 0 Å². The SMILES string of the molecule is CCCCCCCCCC/C=C\CCCCCCCCCCCCCC(=O)OC(COCCC(C(=O)[O-])[N+](C)(C)C)COC(=O)CCCCCCCCCCCC. The van der Waals surface area contributed by atoms with Crippen LogP contribution < -0.4 is 5.11 Å². The highest BCUT2D eigenvalue weighted by Crippen LogP contribution is 2.16. The van der Waals surface area contributed by atoms with Gasteiger partial charge in [0.2, 0.25) is 0 Å². The van der Waals surface area contributed by atoms with E-state index in [4.69, 9.17) is 14.2 Å². The molecule has 0 rings (SSSR count). The summed E-state index contributed by atoms with van der Waals surface area (Å²) in [5.74, 6) is -1.72. The fourth-order valence-corrected chi connectivity index (χ4v) is 7.36. The lowest BCUT2D eigenvalue weighted by Crippen LogP contribution is -2.55. The third kappa shape index (κ3) is 39.3. The van der Waals surface area contributed by atoms with Gasteiger partial charge in [-0.1, -0.05) is 187 Å². The Morgan fingerprint density at radius 2 is 0.877 bits per heavy atom. The highest BCUT2D eigenvalue weighted by molar-refractivity contribution is 5.70. The molecule has 0 aliphatic heterocycles. The van der Waals surface area contributed by atoms with Crippen molar-refractivity contribution in [2.24, 2.45) is 0 Å².